The van der Waals surface area contributed by atoms with Crippen molar-refractivity contribution >= 4 is 5.97 Å². The summed E-state index contributed by atoms with van der Waals surface area (Å²) in [7, 11) is 0. The predicted molar refractivity (Wildman–Crippen MR) is 134 cm³/mol. The Balaban J connectivity index is 1.76. The van der Waals surface area contributed by atoms with Crippen LogP contribution in [-0.2, 0) is 9.53 Å². The van der Waals surface area contributed by atoms with Crippen LogP contribution in [0.4, 0.5) is 0 Å². The molecule has 0 radical (unpaired) electrons. The van der Waals surface area contributed by atoms with E-state index in [0.29, 0.717) is 6.42 Å². The van der Waals surface area contributed by atoms with Gasteiger partial charge >= 0.3 is 5.97 Å². The fraction of sp³-hybridized carbons (Fsp3) is 0.552. The second kappa shape index (κ2) is 15.5. The van der Waals surface area contributed by atoms with Crippen molar-refractivity contribution in [2.75, 3.05) is 6.61 Å². The molecule has 3 nitrogen and oxygen atoms in total. The molecule has 2 rings (SSSR count). The molecule has 0 spiro atoms. The van der Waals surface area contributed by atoms with Crippen molar-refractivity contribution < 1.29 is 14.3 Å². The van der Waals surface area contributed by atoms with Crippen LogP contribution >= 0.6 is 0 Å². The van der Waals surface area contributed by atoms with Gasteiger partial charge in [-0.05, 0) is 48.6 Å². The Hall–Kier alpha value is -2.29. The molecule has 1 atom stereocenters. The Morgan fingerprint density at radius 1 is 0.719 bits per heavy atom. The van der Waals surface area contributed by atoms with Gasteiger partial charge in [-0.2, -0.15) is 0 Å². The highest BCUT2D eigenvalue weighted by Gasteiger charge is 2.12. The summed E-state index contributed by atoms with van der Waals surface area (Å²) < 4.78 is 11.5. The van der Waals surface area contributed by atoms with Crippen LogP contribution < -0.4 is 4.74 Å². The van der Waals surface area contributed by atoms with Crippen molar-refractivity contribution in [2.45, 2.75) is 97.5 Å². The van der Waals surface area contributed by atoms with E-state index in [1.807, 2.05) is 19.1 Å². The summed E-state index contributed by atoms with van der Waals surface area (Å²) >= 11 is 0. The zero-order valence-electron chi connectivity index (χ0n) is 20.4. The van der Waals surface area contributed by atoms with Gasteiger partial charge in [0.15, 0.2) is 0 Å². The number of benzene rings is 2. The van der Waals surface area contributed by atoms with Crippen LogP contribution in [-0.4, -0.2) is 12.6 Å². The fourth-order valence-corrected chi connectivity index (χ4v) is 3.78. The summed E-state index contributed by atoms with van der Waals surface area (Å²) in [6.07, 6.45) is 12.2. The van der Waals surface area contributed by atoms with Gasteiger partial charge in [-0.15, -0.1) is 0 Å². The molecule has 0 aliphatic heterocycles. The quantitative estimate of drug-likeness (QED) is 0.194. The Kier molecular flexibility index (Phi) is 12.6. The number of rotatable bonds is 16. The number of hydrogen-bond donors (Lipinski definition) is 0. The van der Waals surface area contributed by atoms with Gasteiger partial charge in [-0.3, -0.25) is 4.79 Å². The topological polar surface area (TPSA) is 35.5 Å². The minimum atomic E-state index is -0.222. The van der Waals surface area contributed by atoms with E-state index >= 15 is 0 Å². The summed E-state index contributed by atoms with van der Waals surface area (Å²) in [6.45, 7) is 7.16. The average molecular weight is 439 g/mol. The molecule has 0 N–H and O–H groups in total. The van der Waals surface area contributed by atoms with Gasteiger partial charge < -0.3 is 9.47 Å². The summed E-state index contributed by atoms with van der Waals surface area (Å²) in [5, 5.41) is 0. The number of carbonyl (C=O) groups is 1. The number of ether oxygens (including phenoxy) is 2. The molecule has 0 bridgehead atoms. The van der Waals surface area contributed by atoms with E-state index in [2.05, 4.69) is 50.2 Å². The molecule has 0 heterocycles. The fourth-order valence-electron chi connectivity index (χ4n) is 3.78. The maximum absolute atomic E-state index is 12.1. The van der Waals surface area contributed by atoms with Gasteiger partial charge in [-0.1, -0.05) is 102 Å². The van der Waals surface area contributed by atoms with Gasteiger partial charge in [0.05, 0.1) is 6.61 Å². The first-order valence-electron chi connectivity index (χ1n) is 12.7. The first-order valence-corrected chi connectivity index (χ1v) is 12.7. The van der Waals surface area contributed by atoms with E-state index in [9.17, 15) is 4.79 Å². The Bertz CT molecular complexity index is 749. The second-order valence-corrected chi connectivity index (χ2v) is 8.71. The van der Waals surface area contributed by atoms with Gasteiger partial charge in [-0.25, -0.2) is 0 Å². The van der Waals surface area contributed by atoms with Crippen LogP contribution in [0.1, 0.15) is 103 Å². The van der Waals surface area contributed by atoms with Crippen molar-refractivity contribution in [1.82, 2.24) is 0 Å². The van der Waals surface area contributed by atoms with Crippen LogP contribution in [0.2, 0.25) is 0 Å². The third-order valence-electron chi connectivity index (χ3n) is 5.88. The predicted octanol–water partition coefficient (Wildman–Crippen LogP) is 8.67. The van der Waals surface area contributed by atoms with Crippen LogP contribution in [0.15, 0.2) is 48.5 Å². The maximum Gasteiger partial charge on any atom is 0.306 e. The molecule has 0 saturated carbocycles. The lowest BCUT2D eigenvalue weighted by molar-refractivity contribution is -0.148. The van der Waals surface area contributed by atoms with Crippen LogP contribution in [0.3, 0.4) is 0 Å². The summed E-state index contributed by atoms with van der Waals surface area (Å²) in [4.78, 5) is 12.1. The Labute approximate surface area is 195 Å². The minimum Gasteiger partial charge on any atom is -0.494 e. The highest BCUT2D eigenvalue weighted by molar-refractivity contribution is 5.69. The molecule has 1 unspecified atom stereocenters. The first kappa shape index (κ1) is 26.0. The van der Waals surface area contributed by atoms with Crippen molar-refractivity contribution in [3.8, 4) is 16.9 Å². The lowest BCUT2D eigenvalue weighted by Crippen LogP contribution is -2.08. The van der Waals surface area contributed by atoms with Gasteiger partial charge in [0, 0.05) is 6.42 Å². The smallest absolute Gasteiger partial charge is 0.306 e. The minimum absolute atomic E-state index is 0.0950. The molecule has 2 aromatic rings. The lowest BCUT2D eigenvalue weighted by atomic mass is 10.0. The molecule has 0 fully saturated rings. The van der Waals surface area contributed by atoms with Crippen molar-refractivity contribution in [1.29, 1.82) is 0 Å². The molecule has 0 aliphatic rings. The molecule has 32 heavy (non-hydrogen) atoms. The van der Waals surface area contributed by atoms with E-state index < -0.39 is 0 Å². The van der Waals surface area contributed by atoms with Gasteiger partial charge in [0.1, 0.15) is 11.9 Å². The zero-order valence-corrected chi connectivity index (χ0v) is 20.4. The molecule has 2 aromatic carbocycles. The summed E-state index contributed by atoms with van der Waals surface area (Å²) in [5.41, 5.74) is 3.33. The van der Waals surface area contributed by atoms with Crippen LogP contribution in [0.5, 0.6) is 5.75 Å². The first-order chi connectivity index (χ1) is 15.6. The molecule has 176 valence electrons. The van der Waals surface area contributed by atoms with E-state index in [1.54, 1.807) is 0 Å². The lowest BCUT2D eigenvalue weighted by Gasteiger charge is -2.14. The normalized spacial score (nSPS) is 11.8. The number of hydrogen-bond acceptors (Lipinski definition) is 3. The molecule has 0 aromatic heterocycles. The Morgan fingerprint density at radius 2 is 1.25 bits per heavy atom. The van der Waals surface area contributed by atoms with E-state index in [-0.39, 0.29) is 12.1 Å². The van der Waals surface area contributed by atoms with Crippen LogP contribution in [0.25, 0.3) is 11.1 Å². The third-order valence-corrected chi connectivity index (χ3v) is 5.88. The van der Waals surface area contributed by atoms with Crippen molar-refractivity contribution in [3.63, 3.8) is 0 Å². The third kappa shape index (κ3) is 9.89. The molecule has 0 saturated heterocycles. The SMILES string of the molecule is CCCCCCCCC(=O)OC(C)c1ccc(-c2ccc(OCCCCCC)cc2)cc1. The summed E-state index contributed by atoms with van der Waals surface area (Å²) in [6, 6.07) is 16.6. The highest BCUT2D eigenvalue weighted by atomic mass is 16.5. The van der Waals surface area contributed by atoms with Gasteiger partial charge in [0.25, 0.3) is 0 Å². The number of esters is 1. The number of unbranched alkanes of at least 4 members (excludes halogenated alkanes) is 8. The molecule has 0 aliphatic carbocycles. The molecular weight excluding hydrogens is 396 g/mol. The number of carbonyl (C=O) groups excluding carboxylic acids is 1. The van der Waals surface area contributed by atoms with Crippen LogP contribution in [0, 0.1) is 0 Å². The largest absolute Gasteiger partial charge is 0.494 e. The van der Waals surface area contributed by atoms with Crippen molar-refractivity contribution in [3.05, 3.63) is 54.1 Å². The monoisotopic (exact) mass is 438 g/mol. The van der Waals surface area contributed by atoms with Crippen molar-refractivity contribution in [2.24, 2.45) is 0 Å². The van der Waals surface area contributed by atoms with E-state index in [0.717, 1.165) is 48.3 Å². The van der Waals surface area contributed by atoms with Gasteiger partial charge in [0.2, 0.25) is 0 Å². The van der Waals surface area contributed by atoms with E-state index in [4.69, 9.17) is 9.47 Å². The molecular formula is C29H42O3. The zero-order chi connectivity index (χ0) is 23.0. The Morgan fingerprint density at radius 3 is 1.88 bits per heavy atom. The highest BCUT2D eigenvalue weighted by Crippen LogP contribution is 2.26. The molecule has 0 amide bonds. The average Bonchev–Trinajstić information content (AvgIpc) is 2.81. The molecule has 3 heteroatoms. The second-order valence-electron chi connectivity index (χ2n) is 8.71. The standard InChI is InChI=1S/C29H42O3/c1-4-6-8-10-11-12-14-29(30)32-24(3)25-15-17-26(18-16-25)27-19-21-28(22-20-27)31-23-13-9-7-5-2/h15-22,24H,4-14,23H2,1-3H3. The van der Waals surface area contributed by atoms with E-state index in [1.165, 1.54) is 44.9 Å². The maximum atomic E-state index is 12.1. The summed E-state index contributed by atoms with van der Waals surface area (Å²) in [5.74, 6) is 0.829.